The first kappa shape index (κ1) is 16.5. The highest BCUT2D eigenvalue weighted by molar-refractivity contribution is 7.16. The van der Waals surface area contributed by atoms with Crippen LogP contribution in [0.15, 0.2) is 5.57 Å². The van der Waals surface area contributed by atoms with E-state index in [1.807, 2.05) is 13.0 Å². The van der Waals surface area contributed by atoms with E-state index in [-0.39, 0.29) is 11.7 Å². The third-order valence-corrected chi connectivity index (χ3v) is 4.23. The maximum atomic E-state index is 11.9. The Bertz CT molecular complexity index is 610. The highest BCUT2D eigenvalue weighted by Crippen LogP contribution is 2.28. The topological polar surface area (TPSA) is 75.5 Å². The van der Waals surface area contributed by atoms with Crippen molar-refractivity contribution in [1.29, 1.82) is 5.26 Å². The summed E-state index contributed by atoms with van der Waals surface area (Å²) >= 11 is 1.47. The standard InChI is InChI=1S/C15H19N3O3S/c1-10(2)21-14(19)12(9-16)8-13-11(3)17-15(22-13)18-4-6-20-7-5-18/h8,10H,4-7H2,1-3H3. The fourth-order valence-corrected chi connectivity index (χ4v) is 3.02. The lowest BCUT2D eigenvalue weighted by Gasteiger charge is -2.25. The van der Waals surface area contributed by atoms with E-state index in [9.17, 15) is 4.79 Å². The number of thiazole rings is 1. The molecule has 0 aliphatic carbocycles. The summed E-state index contributed by atoms with van der Waals surface area (Å²) in [5.74, 6) is -0.599. The molecule has 0 amide bonds. The Morgan fingerprint density at radius 1 is 1.50 bits per heavy atom. The predicted octanol–water partition coefficient (Wildman–Crippen LogP) is 2.15. The number of carbonyl (C=O) groups is 1. The normalized spacial score (nSPS) is 15.8. The molecule has 2 rings (SSSR count). The molecule has 1 saturated heterocycles. The minimum atomic E-state index is -0.599. The molecule has 0 aromatic carbocycles. The van der Waals surface area contributed by atoms with Crippen molar-refractivity contribution in [2.75, 3.05) is 31.2 Å². The molecular weight excluding hydrogens is 302 g/mol. The summed E-state index contributed by atoms with van der Waals surface area (Å²) in [6, 6.07) is 1.90. The number of rotatable bonds is 4. The maximum absolute atomic E-state index is 11.9. The first-order valence-corrected chi connectivity index (χ1v) is 7.95. The molecule has 118 valence electrons. The first-order chi connectivity index (χ1) is 10.5. The zero-order chi connectivity index (χ0) is 16.1. The molecule has 1 aromatic rings. The van der Waals surface area contributed by atoms with Crippen molar-refractivity contribution in [2.24, 2.45) is 0 Å². The molecule has 6 nitrogen and oxygen atoms in total. The van der Waals surface area contributed by atoms with E-state index in [1.165, 1.54) is 11.3 Å². The van der Waals surface area contributed by atoms with Crippen LogP contribution in [0, 0.1) is 18.3 Å². The monoisotopic (exact) mass is 321 g/mol. The van der Waals surface area contributed by atoms with Crippen LogP contribution in [0.5, 0.6) is 0 Å². The van der Waals surface area contributed by atoms with Gasteiger partial charge in [-0.2, -0.15) is 5.26 Å². The van der Waals surface area contributed by atoms with Gasteiger partial charge >= 0.3 is 5.97 Å². The van der Waals surface area contributed by atoms with Gasteiger partial charge in [0.1, 0.15) is 11.6 Å². The Balaban J connectivity index is 2.20. The van der Waals surface area contributed by atoms with E-state index in [2.05, 4.69) is 9.88 Å². The average molecular weight is 321 g/mol. The zero-order valence-electron chi connectivity index (χ0n) is 13.0. The number of anilines is 1. The van der Waals surface area contributed by atoms with Gasteiger partial charge in [-0.05, 0) is 26.8 Å². The SMILES string of the molecule is Cc1nc(N2CCOCC2)sc1C=C(C#N)C(=O)OC(C)C. The molecule has 0 saturated carbocycles. The second-order valence-corrected chi connectivity index (χ2v) is 6.18. The Hall–Kier alpha value is -1.91. The Morgan fingerprint density at radius 2 is 2.18 bits per heavy atom. The average Bonchev–Trinajstić information content (AvgIpc) is 2.86. The van der Waals surface area contributed by atoms with Crippen LogP contribution in [0.4, 0.5) is 5.13 Å². The first-order valence-electron chi connectivity index (χ1n) is 7.14. The summed E-state index contributed by atoms with van der Waals surface area (Å²) < 4.78 is 10.4. The minimum Gasteiger partial charge on any atom is -0.459 e. The van der Waals surface area contributed by atoms with Gasteiger partial charge in [0.15, 0.2) is 5.13 Å². The lowest BCUT2D eigenvalue weighted by atomic mass is 10.2. The van der Waals surface area contributed by atoms with Gasteiger partial charge in [0.05, 0.1) is 29.9 Å². The van der Waals surface area contributed by atoms with Crippen LogP contribution in [0.1, 0.15) is 24.4 Å². The number of hydrogen-bond acceptors (Lipinski definition) is 7. The van der Waals surface area contributed by atoms with Crippen molar-refractivity contribution in [2.45, 2.75) is 26.9 Å². The Kier molecular flexibility index (Phi) is 5.52. The molecule has 1 aliphatic rings. The van der Waals surface area contributed by atoms with Crippen molar-refractivity contribution < 1.29 is 14.3 Å². The quantitative estimate of drug-likeness (QED) is 0.480. The molecule has 0 spiro atoms. The van der Waals surface area contributed by atoms with Gasteiger partial charge in [-0.25, -0.2) is 9.78 Å². The zero-order valence-corrected chi connectivity index (χ0v) is 13.8. The summed E-state index contributed by atoms with van der Waals surface area (Å²) in [7, 11) is 0. The summed E-state index contributed by atoms with van der Waals surface area (Å²) in [4.78, 5) is 19.3. The second kappa shape index (κ2) is 7.38. The number of ether oxygens (including phenoxy) is 2. The summed E-state index contributed by atoms with van der Waals surface area (Å²) in [6.07, 6.45) is 1.30. The van der Waals surface area contributed by atoms with E-state index in [0.29, 0.717) is 13.2 Å². The number of nitriles is 1. The molecule has 0 atom stereocenters. The van der Waals surface area contributed by atoms with Gasteiger partial charge in [0.2, 0.25) is 0 Å². The van der Waals surface area contributed by atoms with Crippen LogP contribution in [0.25, 0.3) is 6.08 Å². The van der Waals surface area contributed by atoms with Crippen LogP contribution < -0.4 is 4.90 Å². The third kappa shape index (κ3) is 4.06. The van der Waals surface area contributed by atoms with E-state index >= 15 is 0 Å². The molecule has 1 aromatic heterocycles. The smallest absolute Gasteiger partial charge is 0.349 e. The van der Waals surface area contributed by atoms with Crippen molar-refractivity contribution in [3.8, 4) is 6.07 Å². The van der Waals surface area contributed by atoms with Gasteiger partial charge in [-0.1, -0.05) is 11.3 Å². The third-order valence-electron chi connectivity index (χ3n) is 3.06. The van der Waals surface area contributed by atoms with Gasteiger partial charge in [0, 0.05) is 13.1 Å². The second-order valence-electron chi connectivity index (χ2n) is 5.17. The van der Waals surface area contributed by atoms with Crippen molar-refractivity contribution in [1.82, 2.24) is 4.98 Å². The van der Waals surface area contributed by atoms with Crippen LogP contribution >= 0.6 is 11.3 Å². The number of carbonyl (C=O) groups excluding carboxylic acids is 1. The number of aryl methyl sites for hydroxylation is 1. The number of nitrogens with zero attached hydrogens (tertiary/aromatic N) is 3. The highest BCUT2D eigenvalue weighted by atomic mass is 32.1. The van der Waals surface area contributed by atoms with Gasteiger partial charge in [-0.3, -0.25) is 0 Å². The molecule has 1 aliphatic heterocycles. The fourth-order valence-electron chi connectivity index (χ4n) is 1.96. The van der Waals surface area contributed by atoms with Crippen LogP contribution in [0.3, 0.4) is 0 Å². The minimum absolute atomic E-state index is 0.00558. The molecule has 0 radical (unpaired) electrons. The molecule has 2 heterocycles. The van der Waals surface area contributed by atoms with Crippen LogP contribution in [0.2, 0.25) is 0 Å². The Morgan fingerprint density at radius 3 is 2.77 bits per heavy atom. The van der Waals surface area contributed by atoms with Crippen LogP contribution in [-0.2, 0) is 14.3 Å². The molecule has 0 unspecified atom stereocenters. The van der Waals surface area contributed by atoms with E-state index < -0.39 is 5.97 Å². The molecule has 1 fully saturated rings. The lowest BCUT2D eigenvalue weighted by molar-refractivity contribution is -0.142. The highest BCUT2D eigenvalue weighted by Gasteiger charge is 2.18. The summed E-state index contributed by atoms with van der Waals surface area (Å²) in [6.45, 7) is 8.35. The van der Waals surface area contributed by atoms with Gasteiger partial charge in [-0.15, -0.1) is 0 Å². The van der Waals surface area contributed by atoms with Crippen molar-refractivity contribution in [3.05, 3.63) is 16.1 Å². The largest absolute Gasteiger partial charge is 0.459 e. The van der Waals surface area contributed by atoms with E-state index in [1.54, 1.807) is 19.9 Å². The number of aromatic nitrogens is 1. The molecule has 0 N–H and O–H groups in total. The number of hydrogen-bond donors (Lipinski definition) is 0. The summed E-state index contributed by atoms with van der Waals surface area (Å²) in [5.41, 5.74) is 0.797. The van der Waals surface area contributed by atoms with Crippen LogP contribution in [-0.4, -0.2) is 43.4 Å². The molecular formula is C15H19N3O3S. The molecule has 7 heteroatoms. The van der Waals surface area contributed by atoms with Gasteiger partial charge < -0.3 is 14.4 Å². The molecule has 22 heavy (non-hydrogen) atoms. The van der Waals surface area contributed by atoms with Crippen molar-refractivity contribution >= 4 is 28.5 Å². The molecule has 0 bridgehead atoms. The van der Waals surface area contributed by atoms with Crippen molar-refractivity contribution in [3.63, 3.8) is 0 Å². The van der Waals surface area contributed by atoms with E-state index in [4.69, 9.17) is 14.7 Å². The van der Waals surface area contributed by atoms with Gasteiger partial charge in [0.25, 0.3) is 0 Å². The summed E-state index contributed by atoms with van der Waals surface area (Å²) in [5, 5.41) is 10.0. The lowest BCUT2D eigenvalue weighted by Crippen LogP contribution is -2.36. The Labute approximate surface area is 134 Å². The number of morpholine rings is 1. The predicted molar refractivity (Wildman–Crippen MR) is 84.7 cm³/mol. The maximum Gasteiger partial charge on any atom is 0.349 e. The fraction of sp³-hybridized carbons (Fsp3) is 0.533. The van der Waals surface area contributed by atoms with E-state index in [0.717, 1.165) is 28.8 Å². The number of esters is 1.